The van der Waals surface area contributed by atoms with Gasteiger partial charge in [-0.25, -0.2) is 9.97 Å². The van der Waals surface area contributed by atoms with E-state index in [4.69, 9.17) is 9.97 Å². The summed E-state index contributed by atoms with van der Waals surface area (Å²) in [4.78, 5) is 10.2. The molecule has 1 atom stereocenters. The second kappa shape index (κ2) is 6.67. The molecule has 1 aromatic heterocycles. The Morgan fingerprint density at radius 1 is 0.840 bits per heavy atom. The predicted molar refractivity (Wildman–Crippen MR) is 104 cm³/mol. The minimum absolute atomic E-state index is 0.455. The number of fused-ring (bicyclic) bond motifs is 1. The molecular formula is C22H23N3. The highest BCUT2D eigenvalue weighted by molar-refractivity contribution is 5.79. The highest BCUT2D eigenvalue weighted by atomic mass is 15.0. The predicted octanol–water partition coefficient (Wildman–Crippen LogP) is 5.37. The number of anilines is 1. The van der Waals surface area contributed by atoms with Crippen molar-refractivity contribution in [2.75, 3.05) is 11.9 Å². The molecule has 3 heteroatoms. The Morgan fingerprint density at radius 2 is 1.40 bits per heavy atom. The van der Waals surface area contributed by atoms with Crippen LogP contribution in [0.3, 0.4) is 0 Å². The van der Waals surface area contributed by atoms with Crippen molar-refractivity contribution in [2.45, 2.75) is 26.2 Å². The number of hydrogen-bond acceptors (Lipinski definition) is 3. The molecule has 2 heterocycles. The molecule has 1 N–H and O–H groups in total. The molecule has 4 rings (SSSR count). The van der Waals surface area contributed by atoms with Gasteiger partial charge in [-0.05, 0) is 12.3 Å². The van der Waals surface area contributed by atoms with Gasteiger partial charge in [-0.2, -0.15) is 0 Å². The van der Waals surface area contributed by atoms with E-state index in [1.54, 1.807) is 0 Å². The maximum Gasteiger partial charge on any atom is 0.148 e. The Kier molecular flexibility index (Phi) is 4.22. The fourth-order valence-corrected chi connectivity index (χ4v) is 3.56. The summed E-state index contributed by atoms with van der Waals surface area (Å²) in [6, 6.07) is 20.7. The monoisotopic (exact) mass is 329 g/mol. The van der Waals surface area contributed by atoms with E-state index in [1.165, 1.54) is 0 Å². The molecule has 0 fully saturated rings. The van der Waals surface area contributed by atoms with Gasteiger partial charge in [-0.1, -0.05) is 74.5 Å². The smallest absolute Gasteiger partial charge is 0.148 e. The Labute approximate surface area is 149 Å². The van der Waals surface area contributed by atoms with Gasteiger partial charge in [-0.3, -0.25) is 0 Å². The van der Waals surface area contributed by atoms with Crippen LogP contribution >= 0.6 is 0 Å². The van der Waals surface area contributed by atoms with Crippen LogP contribution in [0.2, 0.25) is 0 Å². The van der Waals surface area contributed by atoms with Crippen LogP contribution in [0.1, 0.15) is 31.9 Å². The van der Waals surface area contributed by atoms with Crippen LogP contribution in [0.25, 0.3) is 22.5 Å². The Balaban J connectivity index is 1.95. The molecule has 3 aromatic rings. The number of nitrogens with zero attached hydrogens (tertiary/aromatic N) is 2. The molecule has 0 spiro atoms. The Morgan fingerprint density at radius 3 is 1.96 bits per heavy atom. The van der Waals surface area contributed by atoms with Gasteiger partial charge in [0, 0.05) is 23.6 Å². The van der Waals surface area contributed by atoms with Gasteiger partial charge in [0.2, 0.25) is 0 Å². The summed E-state index contributed by atoms with van der Waals surface area (Å²) in [6.45, 7) is 5.51. The second-order valence-electron chi connectivity index (χ2n) is 6.95. The number of benzene rings is 2. The van der Waals surface area contributed by atoms with Crippen molar-refractivity contribution in [1.82, 2.24) is 9.97 Å². The van der Waals surface area contributed by atoms with Crippen molar-refractivity contribution in [3.63, 3.8) is 0 Å². The molecule has 3 nitrogen and oxygen atoms in total. The zero-order valence-corrected chi connectivity index (χ0v) is 14.7. The quantitative estimate of drug-likeness (QED) is 0.702. The fourth-order valence-electron chi connectivity index (χ4n) is 3.56. The van der Waals surface area contributed by atoms with Crippen LogP contribution in [0.4, 0.5) is 5.82 Å². The van der Waals surface area contributed by atoms with Crippen LogP contribution in [0, 0.1) is 5.92 Å². The molecular weight excluding hydrogens is 306 g/mol. The van der Waals surface area contributed by atoms with E-state index in [0.717, 1.165) is 47.0 Å². The molecule has 0 saturated carbocycles. The maximum absolute atomic E-state index is 5.14. The summed E-state index contributed by atoms with van der Waals surface area (Å²) < 4.78 is 0. The molecule has 25 heavy (non-hydrogen) atoms. The first-order chi connectivity index (χ1) is 12.2. The summed E-state index contributed by atoms with van der Waals surface area (Å²) in [5.41, 5.74) is 5.25. The van der Waals surface area contributed by atoms with Crippen LogP contribution in [0.15, 0.2) is 60.7 Å². The first kappa shape index (κ1) is 15.8. The van der Waals surface area contributed by atoms with Gasteiger partial charge >= 0.3 is 0 Å². The van der Waals surface area contributed by atoms with E-state index in [9.17, 15) is 0 Å². The van der Waals surface area contributed by atoms with Crippen LogP contribution < -0.4 is 5.32 Å². The van der Waals surface area contributed by atoms with Crippen molar-refractivity contribution in [1.29, 1.82) is 0 Å². The molecule has 2 aromatic carbocycles. The van der Waals surface area contributed by atoms with Crippen molar-refractivity contribution in [3.8, 4) is 22.5 Å². The van der Waals surface area contributed by atoms with Gasteiger partial charge in [0.1, 0.15) is 5.82 Å². The summed E-state index contributed by atoms with van der Waals surface area (Å²) in [5, 5.41) is 3.46. The number of nitrogens with one attached hydrogen (secondary N) is 1. The average Bonchev–Trinajstić information content (AvgIpc) is 2.67. The van der Waals surface area contributed by atoms with Crippen LogP contribution in [-0.2, 0) is 0 Å². The largest absolute Gasteiger partial charge is 0.369 e. The molecule has 0 radical (unpaired) electrons. The number of rotatable bonds is 3. The third-order valence-corrected chi connectivity index (χ3v) is 4.92. The minimum Gasteiger partial charge on any atom is -0.369 e. The Bertz CT molecular complexity index is 857. The maximum atomic E-state index is 5.14. The SMILES string of the molecule is CC(C)C1CCNc2nc(-c3ccccc3)c(-c3ccccc3)nc21. The van der Waals surface area contributed by atoms with Gasteiger partial charge in [0.15, 0.2) is 0 Å². The first-order valence-electron chi connectivity index (χ1n) is 9.00. The third-order valence-electron chi connectivity index (χ3n) is 4.92. The lowest BCUT2D eigenvalue weighted by molar-refractivity contribution is 0.457. The van der Waals surface area contributed by atoms with Crippen molar-refractivity contribution in [2.24, 2.45) is 5.92 Å². The fraction of sp³-hybridized carbons (Fsp3) is 0.273. The molecule has 0 amide bonds. The van der Waals surface area contributed by atoms with E-state index in [-0.39, 0.29) is 0 Å². The molecule has 1 aliphatic heterocycles. The van der Waals surface area contributed by atoms with Crippen molar-refractivity contribution < 1.29 is 0 Å². The molecule has 1 unspecified atom stereocenters. The number of hydrogen-bond donors (Lipinski definition) is 1. The highest BCUT2D eigenvalue weighted by Crippen LogP contribution is 2.38. The van der Waals surface area contributed by atoms with Gasteiger partial charge in [0.05, 0.1) is 17.1 Å². The average molecular weight is 329 g/mol. The van der Waals surface area contributed by atoms with Gasteiger partial charge in [-0.15, -0.1) is 0 Å². The first-order valence-corrected chi connectivity index (χ1v) is 9.00. The minimum atomic E-state index is 0.455. The highest BCUT2D eigenvalue weighted by Gasteiger charge is 2.27. The lowest BCUT2D eigenvalue weighted by atomic mass is 9.86. The molecule has 126 valence electrons. The normalized spacial score (nSPS) is 16.4. The van der Waals surface area contributed by atoms with E-state index >= 15 is 0 Å². The van der Waals surface area contributed by atoms with E-state index in [0.29, 0.717) is 11.8 Å². The van der Waals surface area contributed by atoms with Gasteiger partial charge in [0.25, 0.3) is 0 Å². The lowest BCUT2D eigenvalue weighted by Gasteiger charge is -2.29. The van der Waals surface area contributed by atoms with E-state index in [2.05, 4.69) is 67.7 Å². The number of aromatic nitrogens is 2. The van der Waals surface area contributed by atoms with Crippen molar-refractivity contribution >= 4 is 5.82 Å². The molecule has 0 aliphatic carbocycles. The molecule has 0 bridgehead atoms. The Hall–Kier alpha value is -2.68. The second-order valence-corrected chi connectivity index (χ2v) is 6.95. The van der Waals surface area contributed by atoms with E-state index < -0.39 is 0 Å². The summed E-state index contributed by atoms with van der Waals surface area (Å²) in [5.74, 6) is 1.96. The topological polar surface area (TPSA) is 37.8 Å². The summed E-state index contributed by atoms with van der Waals surface area (Å²) in [6.07, 6.45) is 1.11. The lowest BCUT2D eigenvalue weighted by Crippen LogP contribution is -2.23. The standard InChI is InChI=1S/C22H23N3/c1-15(2)18-13-14-23-22-21(18)24-19(16-9-5-3-6-10-16)20(25-22)17-11-7-4-8-12-17/h3-12,15,18H,13-14H2,1-2H3,(H,23,25). The van der Waals surface area contributed by atoms with Crippen LogP contribution in [-0.4, -0.2) is 16.5 Å². The van der Waals surface area contributed by atoms with Crippen molar-refractivity contribution in [3.05, 3.63) is 66.4 Å². The third kappa shape index (κ3) is 3.02. The molecule has 0 saturated heterocycles. The zero-order chi connectivity index (χ0) is 17.2. The summed E-state index contributed by atoms with van der Waals surface area (Å²) >= 11 is 0. The van der Waals surface area contributed by atoms with E-state index in [1.807, 2.05) is 12.1 Å². The van der Waals surface area contributed by atoms with Gasteiger partial charge < -0.3 is 5.32 Å². The summed E-state index contributed by atoms with van der Waals surface area (Å²) in [7, 11) is 0. The molecule has 1 aliphatic rings. The van der Waals surface area contributed by atoms with Crippen LogP contribution in [0.5, 0.6) is 0 Å². The zero-order valence-electron chi connectivity index (χ0n) is 14.7.